The standard InChI is InChI=1S/C20H21NO3/c1-13-7-6-9-17(15(13)3)20(23)24-12-19(22)21-14(2)11-16-8-4-5-10-18(16)21/h4-10,14H,11-12H2,1-3H3/t14-/m1/s1. The Hall–Kier alpha value is -2.62. The number of nitrogens with zero attached hydrogens (tertiary/aromatic N) is 1. The molecule has 1 heterocycles. The van der Waals surface area contributed by atoms with Gasteiger partial charge in [0.25, 0.3) is 5.91 Å². The van der Waals surface area contributed by atoms with Gasteiger partial charge in [-0.25, -0.2) is 4.79 Å². The number of hydrogen-bond acceptors (Lipinski definition) is 3. The van der Waals surface area contributed by atoms with Crippen molar-refractivity contribution in [2.45, 2.75) is 33.2 Å². The molecule has 124 valence electrons. The minimum absolute atomic E-state index is 0.0781. The molecule has 0 fully saturated rings. The van der Waals surface area contributed by atoms with E-state index in [-0.39, 0.29) is 18.6 Å². The first-order valence-electron chi connectivity index (χ1n) is 8.12. The molecule has 0 saturated heterocycles. The topological polar surface area (TPSA) is 46.6 Å². The van der Waals surface area contributed by atoms with Crippen LogP contribution in [0.5, 0.6) is 0 Å². The second-order valence-corrected chi connectivity index (χ2v) is 6.27. The highest BCUT2D eigenvalue weighted by Crippen LogP contribution is 2.31. The molecule has 0 aliphatic carbocycles. The van der Waals surface area contributed by atoms with E-state index in [0.29, 0.717) is 5.56 Å². The van der Waals surface area contributed by atoms with Crippen molar-refractivity contribution in [3.05, 3.63) is 64.7 Å². The van der Waals surface area contributed by atoms with Crippen LogP contribution < -0.4 is 4.90 Å². The van der Waals surface area contributed by atoms with Gasteiger partial charge in [-0.2, -0.15) is 0 Å². The molecule has 1 aliphatic rings. The Kier molecular flexibility index (Phi) is 4.38. The van der Waals surface area contributed by atoms with Crippen molar-refractivity contribution < 1.29 is 14.3 Å². The Bertz CT molecular complexity index is 797. The summed E-state index contributed by atoms with van der Waals surface area (Å²) >= 11 is 0. The van der Waals surface area contributed by atoms with Crippen LogP contribution in [0.25, 0.3) is 0 Å². The SMILES string of the molecule is Cc1cccc(C(=O)OCC(=O)N2c3ccccc3C[C@H]2C)c1C. The average molecular weight is 323 g/mol. The Morgan fingerprint density at radius 3 is 2.67 bits per heavy atom. The van der Waals surface area contributed by atoms with Gasteiger partial charge in [-0.15, -0.1) is 0 Å². The fourth-order valence-electron chi connectivity index (χ4n) is 3.19. The monoisotopic (exact) mass is 323 g/mol. The highest BCUT2D eigenvalue weighted by Gasteiger charge is 2.31. The minimum Gasteiger partial charge on any atom is -0.452 e. The van der Waals surface area contributed by atoms with Crippen molar-refractivity contribution >= 4 is 17.6 Å². The zero-order valence-electron chi connectivity index (χ0n) is 14.2. The van der Waals surface area contributed by atoms with Gasteiger partial charge in [0.1, 0.15) is 0 Å². The largest absolute Gasteiger partial charge is 0.452 e. The fraction of sp³-hybridized carbons (Fsp3) is 0.300. The number of para-hydroxylation sites is 1. The predicted molar refractivity (Wildman–Crippen MR) is 93.3 cm³/mol. The number of hydrogen-bond donors (Lipinski definition) is 0. The molecule has 0 saturated carbocycles. The van der Waals surface area contributed by atoms with Crippen molar-refractivity contribution in [2.75, 3.05) is 11.5 Å². The summed E-state index contributed by atoms with van der Waals surface area (Å²) in [4.78, 5) is 26.6. The molecule has 1 aliphatic heterocycles. The normalized spacial score (nSPS) is 16.0. The van der Waals surface area contributed by atoms with Gasteiger partial charge in [-0.3, -0.25) is 4.79 Å². The molecule has 1 amide bonds. The fourth-order valence-corrected chi connectivity index (χ4v) is 3.19. The molecule has 24 heavy (non-hydrogen) atoms. The predicted octanol–water partition coefficient (Wildman–Crippen LogP) is 3.44. The van der Waals surface area contributed by atoms with Crippen molar-refractivity contribution in [1.82, 2.24) is 0 Å². The number of benzene rings is 2. The second-order valence-electron chi connectivity index (χ2n) is 6.27. The van der Waals surface area contributed by atoms with Crippen molar-refractivity contribution in [1.29, 1.82) is 0 Å². The number of amides is 1. The van der Waals surface area contributed by atoms with Crippen molar-refractivity contribution in [2.24, 2.45) is 0 Å². The lowest BCUT2D eigenvalue weighted by molar-refractivity contribution is -0.122. The van der Waals surface area contributed by atoms with E-state index in [4.69, 9.17) is 4.74 Å². The Morgan fingerprint density at radius 2 is 1.88 bits per heavy atom. The van der Waals surface area contributed by atoms with Crippen LogP contribution in [-0.4, -0.2) is 24.5 Å². The van der Waals surface area contributed by atoms with E-state index in [1.807, 2.05) is 57.2 Å². The Labute approximate surface area is 142 Å². The van der Waals surface area contributed by atoms with Crippen LogP contribution in [0.4, 0.5) is 5.69 Å². The number of anilines is 1. The summed E-state index contributed by atoms with van der Waals surface area (Å²) in [7, 11) is 0. The second kappa shape index (κ2) is 6.48. The van der Waals surface area contributed by atoms with E-state index < -0.39 is 5.97 Å². The summed E-state index contributed by atoms with van der Waals surface area (Å²) in [5, 5.41) is 0. The van der Waals surface area contributed by atoms with Crippen LogP contribution in [0.3, 0.4) is 0 Å². The summed E-state index contributed by atoms with van der Waals surface area (Å²) in [6.07, 6.45) is 0.826. The van der Waals surface area contributed by atoms with Gasteiger partial charge in [0.15, 0.2) is 6.61 Å². The molecule has 2 aromatic rings. The molecular formula is C20H21NO3. The van der Waals surface area contributed by atoms with Crippen LogP contribution in [0.15, 0.2) is 42.5 Å². The molecule has 0 bridgehead atoms. The van der Waals surface area contributed by atoms with Crippen LogP contribution in [-0.2, 0) is 16.0 Å². The summed E-state index contributed by atoms with van der Waals surface area (Å²) in [6.45, 7) is 5.59. The van der Waals surface area contributed by atoms with E-state index in [2.05, 4.69) is 0 Å². The molecule has 0 unspecified atom stereocenters. The summed E-state index contributed by atoms with van der Waals surface area (Å²) in [5.41, 5.74) is 4.49. The molecule has 3 rings (SSSR count). The maximum Gasteiger partial charge on any atom is 0.338 e. The molecule has 2 aromatic carbocycles. The van der Waals surface area contributed by atoms with Gasteiger partial charge in [-0.05, 0) is 56.0 Å². The molecule has 0 spiro atoms. The van der Waals surface area contributed by atoms with Crippen LogP contribution in [0.1, 0.15) is 34.0 Å². The molecular weight excluding hydrogens is 302 g/mol. The zero-order valence-corrected chi connectivity index (χ0v) is 14.2. The molecule has 0 aromatic heterocycles. The third kappa shape index (κ3) is 2.92. The summed E-state index contributed by atoms with van der Waals surface area (Å²) in [5.74, 6) is -0.643. The Balaban J connectivity index is 1.70. The van der Waals surface area contributed by atoms with Crippen LogP contribution >= 0.6 is 0 Å². The van der Waals surface area contributed by atoms with E-state index in [0.717, 1.165) is 28.8 Å². The lowest BCUT2D eigenvalue weighted by atomic mass is 10.0. The van der Waals surface area contributed by atoms with Crippen LogP contribution in [0, 0.1) is 13.8 Å². The lowest BCUT2D eigenvalue weighted by Crippen LogP contribution is -2.38. The number of fused-ring (bicyclic) bond motifs is 1. The van der Waals surface area contributed by atoms with Gasteiger partial charge in [0.05, 0.1) is 5.56 Å². The van der Waals surface area contributed by atoms with Gasteiger partial charge < -0.3 is 9.64 Å². The lowest BCUT2D eigenvalue weighted by Gasteiger charge is -2.22. The summed E-state index contributed by atoms with van der Waals surface area (Å²) in [6, 6.07) is 13.4. The highest BCUT2D eigenvalue weighted by atomic mass is 16.5. The number of aryl methyl sites for hydroxylation is 1. The Morgan fingerprint density at radius 1 is 1.12 bits per heavy atom. The van der Waals surface area contributed by atoms with Crippen molar-refractivity contribution in [3.63, 3.8) is 0 Å². The molecule has 1 atom stereocenters. The van der Waals surface area contributed by atoms with E-state index in [9.17, 15) is 9.59 Å². The maximum atomic E-state index is 12.6. The van der Waals surface area contributed by atoms with Gasteiger partial charge in [0, 0.05) is 11.7 Å². The number of esters is 1. The maximum absolute atomic E-state index is 12.6. The van der Waals surface area contributed by atoms with E-state index >= 15 is 0 Å². The minimum atomic E-state index is -0.454. The number of carbonyl (C=O) groups excluding carboxylic acids is 2. The first kappa shape index (κ1) is 16.2. The van der Waals surface area contributed by atoms with Crippen LogP contribution in [0.2, 0.25) is 0 Å². The molecule has 0 N–H and O–H groups in total. The van der Waals surface area contributed by atoms with E-state index in [1.54, 1.807) is 11.0 Å². The zero-order chi connectivity index (χ0) is 17.3. The molecule has 0 radical (unpaired) electrons. The van der Waals surface area contributed by atoms with Gasteiger partial charge in [0.2, 0.25) is 0 Å². The third-order valence-corrected chi connectivity index (χ3v) is 4.63. The number of ether oxygens (including phenoxy) is 1. The first-order chi connectivity index (χ1) is 11.5. The van der Waals surface area contributed by atoms with Gasteiger partial charge >= 0.3 is 5.97 Å². The van der Waals surface area contributed by atoms with Gasteiger partial charge in [-0.1, -0.05) is 30.3 Å². The smallest absolute Gasteiger partial charge is 0.338 e. The number of carbonyl (C=O) groups is 2. The summed E-state index contributed by atoms with van der Waals surface area (Å²) < 4.78 is 5.27. The quantitative estimate of drug-likeness (QED) is 0.813. The highest BCUT2D eigenvalue weighted by molar-refractivity contribution is 5.99. The van der Waals surface area contributed by atoms with Crippen molar-refractivity contribution in [3.8, 4) is 0 Å². The average Bonchev–Trinajstić information content (AvgIpc) is 2.90. The molecule has 4 nitrogen and oxygen atoms in total. The molecule has 4 heteroatoms. The van der Waals surface area contributed by atoms with E-state index in [1.165, 1.54) is 0 Å². The first-order valence-corrected chi connectivity index (χ1v) is 8.12. The third-order valence-electron chi connectivity index (χ3n) is 4.63. The number of rotatable bonds is 3.